The molecule has 1 aromatic carbocycles. The van der Waals surface area contributed by atoms with Crippen molar-refractivity contribution >= 4 is 23.7 Å². The number of imide groups is 1. The van der Waals surface area contributed by atoms with Gasteiger partial charge in [0.25, 0.3) is 5.91 Å². The number of aliphatic hydroxyl groups excluding tert-OH is 1. The molecule has 0 spiro atoms. The third-order valence-corrected chi connectivity index (χ3v) is 5.50. The predicted molar refractivity (Wildman–Crippen MR) is 119 cm³/mol. The third-order valence-electron chi connectivity index (χ3n) is 5.50. The molecule has 2 atom stereocenters. The van der Waals surface area contributed by atoms with Crippen LogP contribution in [0.5, 0.6) is 11.5 Å². The third kappa shape index (κ3) is 5.01. The van der Waals surface area contributed by atoms with E-state index in [1.165, 1.54) is 11.9 Å². The molecule has 1 aromatic rings. The molecule has 0 bridgehead atoms. The van der Waals surface area contributed by atoms with Gasteiger partial charge in [-0.3, -0.25) is 19.9 Å². The SMILES string of the molecule is CCCCCNC1=[N+](CC(O)COc2ccc(OC)cc2)C2C(=O)N(C)C(=O)N(C)C2=N1. The normalized spacial score (nSPS) is 19.2. The fraction of sp³-hybridized carbons (Fsp3) is 0.545. The minimum Gasteiger partial charge on any atom is -0.497 e. The molecule has 0 saturated carbocycles. The van der Waals surface area contributed by atoms with E-state index in [9.17, 15) is 14.7 Å². The van der Waals surface area contributed by atoms with Gasteiger partial charge in [0.2, 0.25) is 11.9 Å². The minimum absolute atomic E-state index is 0.0345. The number of ether oxygens (including phenoxy) is 2. The molecule has 10 nitrogen and oxygen atoms in total. The lowest BCUT2D eigenvalue weighted by atomic mass is 10.1. The molecule has 1 saturated heterocycles. The molecule has 174 valence electrons. The number of likely N-dealkylation sites (N-methyl/N-ethyl adjacent to an activating group) is 2. The van der Waals surface area contributed by atoms with Crippen molar-refractivity contribution in [3.8, 4) is 11.5 Å². The van der Waals surface area contributed by atoms with E-state index in [2.05, 4.69) is 17.2 Å². The average Bonchev–Trinajstić information content (AvgIpc) is 3.16. The predicted octanol–water partition coefficient (Wildman–Crippen LogP) is 0.888. The minimum atomic E-state index is -0.889. The van der Waals surface area contributed by atoms with Crippen LogP contribution in [0.25, 0.3) is 0 Å². The number of guanidine groups is 1. The highest BCUT2D eigenvalue weighted by Crippen LogP contribution is 2.20. The van der Waals surface area contributed by atoms with Crippen molar-refractivity contribution in [2.45, 2.75) is 38.3 Å². The standard InChI is InChI=1S/C22H31N5O5/c1-5-6-7-12-23-21-24-19-18(20(29)26(3)22(30)25(19)2)27(21)13-15(28)14-32-17-10-8-16(31-4)9-11-17/h8-11,15,18,28H,5-7,12-14H2,1-4H3/p+1. The summed E-state index contributed by atoms with van der Waals surface area (Å²) in [5, 5.41) is 13.9. The van der Waals surface area contributed by atoms with Gasteiger partial charge in [-0.05, 0) is 30.7 Å². The summed E-state index contributed by atoms with van der Waals surface area (Å²) in [5.74, 6) is 1.78. The zero-order valence-electron chi connectivity index (χ0n) is 19.1. The molecule has 3 rings (SSSR count). The van der Waals surface area contributed by atoms with E-state index in [1.807, 2.05) is 0 Å². The quantitative estimate of drug-likeness (QED) is 0.408. The Labute approximate surface area is 188 Å². The van der Waals surface area contributed by atoms with Crippen molar-refractivity contribution in [1.82, 2.24) is 15.1 Å². The lowest BCUT2D eigenvalue weighted by Gasteiger charge is -2.32. The Morgan fingerprint density at radius 3 is 2.50 bits per heavy atom. The van der Waals surface area contributed by atoms with Crippen LogP contribution in [0.3, 0.4) is 0 Å². The number of nitrogens with one attached hydrogen (secondary N) is 1. The highest BCUT2D eigenvalue weighted by atomic mass is 16.5. The Balaban J connectivity index is 1.73. The average molecular weight is 447 g/mol. The fourth-order valence-electron chi connectivity index (χ4n) is 3.65. The number of rotatable bonds is 10. The number of nitrogens with zero attached hydrogens (tertiary/aromatic N) is 4. The fourth-order valence-corrected chi connectivity index (χ4v) is 3.65. The lowest BCUT2D eigenvalue weighted by molar-refractivity contribution is -0.545. The molecule has 2 N–H and O–H groups in total. The Morgan fingerprint density at radius 1 is 1.16 bits per heavy atom. The molecule has 2 heterocycles. The van der Waals surface area contributed by atoms with Crippen LogP contribution < -0.4 is 14.8 Å². The summed E-state index contributed by atoms with van der Waals surface area (Å²) >= 11 is 0. The number of hydrogen-bond acceptors (Lipinski definition) is 7. The summed E-state index contributed by atoms with van der Waals surface area (Å²) in [4.78, 5) is 32.2. The van der Waals surface area contributed by atoms with E-state index >= 15 is 0 Å². The smallest absolute Gasteiger partial charge is 0.390 e. The van der Waals surface area contributed by atoms with E-state index in [-0.39, 0.29) is 19.1 Å². The molecular weight excluding hydrogens is 414 g/mol. The van der Waals surface area contributed by atoms with Crippen LogP contribution in [0.1, 0.15) is 26.2 Å². The number of methoxy groups -OCH3 is 1. The highest BCUT2D eigenvalue weighted by Gasteiger charge is 2.51. The van der Waals surface area contributed by atoms with Crippen LogP contribution in [0.2, 0.25) is 0 Å². The first-order valence-electron chi connectivity index (χ1n) is 10.8. The van der Waals surface area contributed by atoms with Gasteiger partial charge in [0.05, 0.1) is 20.2 Å². The summed E-state index contributed by atoms with van der Waals surface area (Å²) < 4.78 is 12.5. The molecule has 0 aromatic heterocycles. The number of amidine groups is 1. The molecule has 0 aliphatic carbocycles. The second kappa shape index (κ2) is 10.4. The number of fused-ring (bicyclic) bond motifs is 1. The zero-order chi connectivity index (χ0) is 23.3. The second-order valence-electron chi connectivity index (χ2n) is 7.86. The van der Waals surface area contributed by atoms with Crippen molar-refractivity contribution in [2.75, 3.05) is 40.9 Å². The number of urea groups is 1. The molecule has 0 radical (unpaired) electrons. The number of hydrogen-bond donors (Lipinski definition) is 2. The van der Waals surface area contributed by atoms with Crippen LogP contribution in [0.4, 0.5) is 4.79 Å². The van der Waals surface area contributed by atoms with Crippen molar-refractivity contribution in [1.29, 1.82) is 0 Å². The molecule has 2 aliphatic heterocycles. The maximum Gasteiger partial charge on any atom is 0.390 e. The Kier molecular flexibility index (Phi) is 7.68. The number of unbranched alkanes of at least 4 members (excludes halogenated alkanes) is 2. The van der Waals surface area contributed by atoms with Crippen molar-refractivity contribution in [3.63, 3.8) is 0 Å². The molecule has 3 amide bonds. The Bertz CT molecular complexity index is 898. The monoisotopic (exact) mass is 446 g/mol. The maximum atomic E-state index is 12.9. The van der Waals surface area contributed by atoms with Gasteiger partial charge in [0.15, 0.2) is 0 Å². The van der Waals surface area contributed by atoms with Gasteiger partial charge < -0.3 is 14.6 Å². The number of carbonyl (C=O) groups is 2. The van der Waals surface area contributed by atoms with Gasteiger partial charge in [-0.25, -0.2) is 9.37 Å². The zero-order valence-corrected chi connectivity index (χ0v) is 19.1. The molecule has 10 heteroatoms. The van der Waals surface area contributed by atoms with Crippen LogP contribution in [0, 0.1) is 0 Å². The first-order valence-corrected chi connectivity index (χ1v) is 10.8. The number of β-amino-alcohol motifs (C(OH)–C–C–N with tert-alkyl or cyclic N) is 1. The molecule has 1 fully saturated rings. The van der Waals surface area contributed by atoms with E-state index in [0.29, 0.717) is 29.8 Å². The largest absolute Gasteiger partial charge is 0.497 e. The van der Waals surface area contributed by atoms with Crippen LogP contribution in [-0.4, -0.2) is 96.3 Å². The van der Waals surface area contributed by atoms with Gasteiger partial charge in [0, 0.05) is 14.1 Å². The van der Waals surface area contributed by atoms with Gasteiger partial charge in [-0.1, -0.05) is 24.8 Å². The van der Waals surface area contributed by atoms with Crippen LogP contribution in [0.15, 0.2) is 29.3 Å². The lowest BCUT2D eigenvalue weighted by Crippen LogP contribution is -2.62. The summed E-state index contributed by atoms with van der Waals surface area (Å²) in [6.07, 6.45) is 2.22. The van der Waals surface area contributed by atoms with Crippen molar-refractivity contribution in [2.24, 2.45) is 4.99 Å². The summed E-state index contributed by atoms with van der Waals surface area (Å²) in [6, 6.07) is 5.87. The molecule has 2 aliphatic rings. The van der Waals surface area contributed by atoms with Crippen molar-refractivity contribution in [3.05, 3.63) is 24.3 Å². The van der Waals surface area contributed by atoms with Gasteiger partial charge >= 0.3 is 12.0 Å². The van der Waals surface area contributed by atoms with Gasteiger partial charge in [-0.15, -0.1) is 0 Å². The first-order chi connectivity index (χ1) is 15.4. The van der Waals surface area contributed by atoms with Crippen LogP contribution >= 0.6 is 0 Å². The van der Waals surface area contributed by atoms with Gasteiger partial charge in [-0.2, -0.15) is 0 Å². The number of aliphatic imine (C=N–C) groups is 1. The highest BCUT2D eigenvalue weighted by molar-refractivity contribution is 6.22. The van der Waals surface area contributed by atoms with Crippen LogP contribution in [-0.2, 0) is 4.79 Å². The van der Waals surface area contributed by atoms with Gasteiger partial charge in [0.1, 0.15) is 24.2 Å². The first kappa shape index (κ1) is 23.5. The summed E-state index contributed by atoms with van der Waals surface area (Å²) in [5.41, 5.74) is 0. The van der Waals surface area contributed by atoms with E-state index < -0.39 is 18.2 Å². The summed E-state index contributed by atoms with van der Waals surface area (Å²) in [6.45, 7) is 2.96. The topological polar surface area (TPSA) is 107 Å². The van der Waals surface area contributed by atoms with Crippen molar-refractivity contribution < 1.29 is 28.7 Å². The Hall–Kier alpha value is -3.14. The number of benzene rings is 1. The number of carbonyl (C=O) groups excluding carboxylic acids is 2. The number of aliphatic hydroxyl groups is 1. The van der Waals surface area contributed by atoms with E-state index in [1.54, 1.807) is 43.0 Å². The summed E-state index contributed by atoms with van der Waals surface area (Å²) in [7, 11) is 4.63. The number of amides is 3. The molecular formula is C22H32N5O5+. The molecule has 32 heavy (non-hydrogen) atoms. The van der Waals surface area contributed by atoms with E-state index in [0.717, 1.165) is 24.2 Å². The molecule has 2 unspecified atom stereocenters. The second-order valence-corrected chi connectivity index (χ2v) is 7.86. The maximum absolute atomic E-state index is 12.9. The van der Waals surface area contributed by atoms with E-state index in [4.69, 9.17) is 9.47 Å². The Morgan fingerprint density at radius 2 is 1.84 bits per heavy atom.